The number of carbonyl (C=O) groups is 3. The first-order valence-corrected chi connectivity index (χ1v) is 4.39. The minimum atomic E-state index is -0.157. The molecule has 0 aromatic heterocycles. The van der Waals surface area contributed by atoms with E-state index in [2.05, 4.69) is 4.74 Å². The van der Waals surface area contributed by atoms with Crippen LogP contribution < -0.4 is 0 Å². The molecule has 0 aromatic rings. The Bertz CT molecular complexity index is 216. The van der Waals surface area contributed by atoms with E-state index < -0.39 is 0 Å². The molecule has 5 heteroatoms. The fraction of sp³-hybridized carbons (Fsp3) is 0.727. The Morgan fingerprint density at radius 3 is 1.69 bits per heavy atom. The Balaban J connectivity index is -0.000000195. The highest BCUT2D eigenvalue weighted by atomic mass is 16.5. The van der Waals surface area contributed by atoms with Crippen LogP contribution in [0.15, 0.2) is 0 Å². The van der Waals surface area contributed by atoms with Gasteiger partial charge >= 0.3 is 5.97 Å². The molecule has 1 fully saturated rings. The van der Waals surface area contributed by atoms with Crippen LogP contribution in [0.5, 0.6) is 0 Å². The number of esters is 1. The van der Waals surface area contributed by atoms with Crippen LogP contribution in [-0.2, 0) is 19.1 Å². The van der Waals surface area contributed by atoms with Gasteiger partial charge in [0, 0.05) is 26.3 Å². The van der Waals surface area contributed by atoms with Crippen LogP contribution in [0.4, 0.5) is 0 Å². The molecule has 1 rings (SSSR count). The second-order valence-electron chi connectivity index (χ2n) is 2.78. The summed E-state index contributed by atoms with van der Waals surface area (Å²) in [7, 11) is 2.89. The molecular formula is C11H23NO4. The first-order valence-electron chi connectivity index (χ1n) is 4.39. The second-order valence-corrected chi connectivity index (χ2v) is 2.78. The summed E-state index contributed by atoms with van der Waals surface area (Å²) in [4.78, 5) is 32.1. The van der Waals surface area contributed by atoms with Crippen molar-refractivity contribution in [3.8, 4) is 0 Å². The summed E-state index contributed by atoms with van der Waals surface area (Å²) < 4.78 is 4.26. The maximum Gasteiger partial charge on any atom is 0.305 e. The molecule has 0 aromatic carbocycles. The fourth-order valence-electron chi connectivity index (χ4n) is 0.833. The second kappa shape index (κ2) is 10.1. The molecule has 16 heavy (non-hydrogen) atoms. The van der Waals surface area contributed by atoms with E-state index in [1.54, 1.807) is 6.92 Å². The number of methoxy groups -OCH3 is 1. The lowest BCUT2D eigenvalue weighted by molar-refractivity contribution is -0.140. The molecule has 0 radical (unpaired) electrons. The van der Waals surface area contributed by atoms with Gasteiger partial charge in [-0.3, -0.25) is 19.3 Å². The lowest BCUT2D eigenvalue weighted by Gasteiger charge is -2.01. The normalized spacial score (nSPS) is 13.1. The number of likely N-dealkylation sites (tertiary alicyclic amines) is 1. The van der Waals surface area contributed by atoms with Gasteiger partial charge in [-0.1, -0.05) is 21.8 Å². The fourth-order valence-corrected chi connectivity index (χ4v) is 0.833. The number of carbonyl (C=O) groups excluding carboxylic acids is 3. The van der Waals surface area contributed by atoms with Crippen LogP contribution in [0.1, 0.15) is 41.0 Å². The first kappa shape index (κ1) is 20.1. The van der Waals surface area contributed by atoms with Crippen LogP contribution in [-0.4, -0.2) is 36.8 Å². The smallest absolute Gasteiger partial charge is 0.305 e. The Morgan fingerprint density at radius 2 is 1.62 bits per heavy atom. The number of hydrogen-bond donors (Lipinski definition) is 0. The molecule has 96 valence electrons. The monoisotopic (exact) mass is 233 g/mol. The van der Waals surface area contributed by atoms with E-state index in [9.17, 15) is 14.4 Å². The third kappa shape index (κ3) is 6.98. The molecule has 0 saturated carbocycles. The molecule has 1 aliphatic heterocycles. The van der Waals surface area contributed by atoms with E-state index in [-0.39, 0.29) is 32.6 Å². The van der Waals surface area contributed by atoms with E-state index in [0.29, 0.717) is 19.3 Å². The van der Waals surface area contributed by atoms with Crippen molar-refractivity contribution in [2.45, 2.75) is 41.0 Å². The summed E-state index contributed by atoms with van der Waals surface area (Å²) >= 11 is 0. The molecule has 0 unspecified atom stereocenters. The van der Waals surface area contributed by atoms with Crippen molar-refractivity contribution < 1.29 is 19.1 Å². The quantitative estimate of drug-likeness (QED) is 0.510. The lowest BCUT2D eigenvalue weighted by Crippen LogP contribution is -2.23. The van der Waals surface area contributed by atoms with Gasteiger partial charge in [-0.15, -0.1) is 0 Å². The Kier molecular flexibility index (Phi) is 12.7. The molecule has 1 aliphatic rings. The number of nitrogens with zero attached hydrogens (tertiary/aromatic N) is 1. The van der Waals surface area contributed by atoms with E-state index in [0.717, 1.165) is 0 Å². The van der Waals surface area contributed by atoms with Gasteiger partial charge in [-0.25, -0.2) is 0 Å². The Hall–Kier alpha value is -1.39. The number of ether oxygens (including phenoxy) is 1. The van der Waals surface area contributed by atoms with Crippen LogP contribution in [0, 0.1) is 0 Å². The summed E-state index contributed by atoms with van der Waals surface area (Å²) in [5, 5.41) is 0. The third-order valence-electron chi connectivity index (χ3n) is 1.82. The van der Waals surface area contributed by atoms with E-state index in [1.165, 1.54) is 19.1 Å². The maximum atomic E-state index is 10.5. The van der Waals surface area contributed by atoms with Gasteiger partial charge in [0.1, 0.15) is 0 Å². The maximum absolute atomic E-state index is 10.5. The molecule has 1 heterocycles. The minimum Gasteiger partial charge on any atom is -0.469 e. The van der Waals surface area contributed by atoms with Gasteiger partial charge in [0.15, 0.2) is 0 Å². The largest absolute Gasteiger partial charge is 0.469 e. The van der Waals surface area contributed by atoms with E-state index in [4.69, 9.17) is 0 Å². The van der Waals surface area contributed by atoms with E-state index >= 15 is 0 Å². The van der Waals surface area contributed by atoms with Gasteiger partial charge in [0.25, 0.3) is 0 Å². The molecule has 0 bridgehead atoms. The van der Waals surface area contributed by atoms with Crippen molar-refractivity contribution in [1.29, 1.82) is 0 Å². The zero-order valence-corrected chi connectivity index (χ0v) is 8.70. The van der Waals surface area contributed by atoms with Gasteiger partial charge in [0.2, 0.25) is 11.8 Å². The number of rotatable bonds is 1. The first-order chi connectivity index (χ1) is 6.52. The number of imide groups is 1. The van der Waals surface area contributed by atoms with Crippen LogP contribution >= 0.6 is 0 Å². The van der Waals surface area contributed by atoms with Crippen LogP contribution in [0.2, 0.25) is 0 Å². The summed E-state index contributed by atoms with van der Waals surface area (Å²) in [5.41, 5.74) is 0. The highest BCUT2D eigenvalue weighted by molar-refractivity contribution is 6.01. The molecule has 2 amide bonds. The van der Waals surface area contributed by atoms with Crippen molar-refractivity contribution >= 4 is 17.8 Å². The van der Waals surface area contributed by atoms with Crippen LogP contribution in [0.25, 0.3) is 0 Å². The average molecular weight is 233 g/mol. The molecule has 0 aliphatic carbocycles. The Morgan fingerprint density at radius 1 is 1.25 bits per heavy atom. The molecular weight excluding hydrogens is 210 g/mol. The van der Waals surface area contributed by atoms with Crippen molar-refractivity contribution in [2.75, 3.05) is 14.2 Å². The van der Waals surface area contributed by atoms with Crippen LogP contribution in [0.3, 0.4) is 0 Å². The summed E-state index contributed by atoms with van der Waals surface area (Å²) in [6.07, 6.45) is 1.27. The number of amides is 2. The predicted octanol–water partition coefficient (Wildman–Crippen LogP) is 1.61. The minimum absolute atomic E-state index is 0. The summed E-state index contributed by atoms with van der Waals surface area (Å²) in [5.74, 6) is -0.278. The summed E-state index contributed by atoms with van der Waals surface area (Å²) in [6.45, 7) is 1.76. The standard InChI is InChI=1S/C5H7NO2.C4H8O2.2CH4/c1-6-4(7)2-3-5(6)8;1-3-4(5)6-2;;/h2-3H2,1H3;3H2,1-2H3;2*1H4. The van der Waals surface area contributed by atoms with Crippen molar-refractivity contribution in [3.63, 3.8) is 0 Å². The molecule has 0 N–H and O–H groups in total. The lowest BCUT2D eigenvalue weighted by atomic mass is 10.4. The van der Waals surface area contributed by atoms with Gasteiger partial charge in [-0.2, -0.15) is 0 Å². The van der Waals surface area contributed by atoms with E-state index in [1.807, 2.05) is 0 Å². The number of hydrogen-bond acceptors (Lipinski definition) is 4. The topological polar surface area (TPSA) is 63.7 Å². The summed E-state index contributed by atoms with van der Waals surface area (Å²) in [6, 6.07) is 0. The van der Waals surface area contributed by atoms with Gasteiger partial charge < -0.3 is 4.74 Å². The molecule has 0 atom stereocenters. The third-order valence-corrected chi connectivity index (χ3v) is 1.82. The highest BCUT2D eigenvalue weighted by Gasteiger charge is 2.24. The zero-order chi connectivity index (χ0) is 11.1. The molecule has 1 saturated heterocycles. The van der Waals surface area contributed by atoms with Gasteiger partial charge in [-0.05, 0) is 0 Å². The highest BCUT2D eigenvalue weighted by Crippen LogP contribution is 2.07. The molecule has 5 nitrogen and oxygen atoms in total. The van der Waals surface area contributed by atoms with Crippen molar-refractivity contribution in [3.05, 3.63) is 0 Å². The van der Waals surface area contributed by atoms with Gasteiger partial charge in [0.05, 0.1) is 7.11 Å². The van der Waals surface area contributed by atoms with Crippen molar-refractivity contribution in [1.82, 2.24) is 4.90 Å². The SMILES string of the molecule is C.C.CCC(=O)OC.CN1C(=O)CCC1=O. The van der Waals surface area contributed by atoms with Crippen molar-refractivity contribution in [2.24, 2.45) is 0 Å². The molecule has 0 spiro atoms. The zero-order valence-electron chi connectivity index (χ0n) is 8.70. The predicted molar refractivity (Wildman–Crippen MR) is 62.8 cm³/mol. The Labute approximate surface area is 97.8 Å². The average Bonchev–Trinajstić information content (AvgIpc) is 2.49.